The zero-order valence-corrected chi connectivity index (χ0v) is 12.8. The smallest absolute Gasteiger partial charge is 0.405 e. The Morgan fingerprint density at radius 2 is 1.80 bits per heavy atom. The van der Waals surface area contributed by atoms with Crippen LogP contribution in [0.4, 0.5) is 4.79 Å². The molecule has 0 spiro atoms. The predicted octanol–water partition coefficient (Wildman–Crippen LogP) is 3.78. The molecule has 110 valence electrons. The Morgan fingerprint density at radius 3 is 2.25 bits per heavy atom. The standard InChI is InChI=1S/C14H17Cl2NO3/c1-9(2)8-14(15,16)12(18)11(17-13(19)20)10-6-4-3-5-7-10/h3-7,9,11,17H,8H2,1-2H3,(H,19,20)/t11-/m0/s1. The molecule has 0 aliphatic rings. The van der Waals surface area contributed by atoms with Gasteiger partial charge in [-0.1, -0.05) is 67.4 Å². The molecule has 0 bridgehead atoms. The number of benzene rings is 1. The molecule has 20 heavy (non-hydrogen) atoms. The lowest BCUT2D eigenvalue weighted by Gasteiger charge is -2.26. The van der Waals surface area contributed by atoms with Crippen LogP contribution in [0.3, 0.4) is 0 Å². The van der Waals surface area contributed by atoms with E-state index in [0.717, 1.165) is 0 Å². The SMILES string of the molecule is CC(C)CC(Cl)(Cl)C(=O)[C@@H](NC(=O)O)c1ccccc1. The second-order valence-electron chi connectivity index (χ2n) is 4.96. The van der Waals surface area contributed by atoms with Crippen LogP contribution in [0.2, 0.25) is 0 Å². The number of carbonyl (C=O) groups is 2. The lowest BCUT2D eigenvalue weighted by Crippen LogP contribution is -2.41. The predicted molar refractivity (Wildman–Crippen MR) is 79.2 cm³/mol. The van der Waals surface area contributed by atoms with Gasteiger partial charge in [0.25, 0.3) is 0 Å². The first-order valence-electron chi connectivity index (χ1n) is 6.20. The van der Waals surface area contributed by atoms with Gasteiger partial charge in [0.1, 0.15) is 6.04 Å². The summed E-state index contributed by atoms with van der Waals surface area (Å²) in [6.45, 7) is 3.77. The number of rotatable bonds is 6. The van der Waals surface area contributed by atoms with E-state index < -0.39 is 22.3 Å². The van der Waals surface area contributed by atoms with Crippen molar-refractivity contribution in [1.82, 2.24) is 5.32 Å². The molecule has 6 heteroatoms. The summed E-state index contributed by atoms with van der Waals surface area (Å²) < 4.78 is -1.63. The fraction of sp³-hybridized carbons (Fsp3) is 0.429. The third-order valence-electron chi connectivity index (χ3n) is 2.69. The van der Waals surface area contributed by atoms with Gasteiger partial charge in [-0.15, -0.1) is 0 Å². The fourth-order valence-corrected chi connectivity index (χ4v) is 2.73. The number of carboxylic acid groups (broad SMARTS) is 1. The van der Waals surface area contributed by atoms with E-state index in [2.05, 4.69) is 5.32 Å². The van der Waals surface area contributed by atoms with Crippen LogP contribution in [-0.2, 0) is 4.79 Å². The topological polar surface area (TPSA) is 66.4 Å². The van der Waals surface area contributed by atoms with Crippen LogP contribution in [0.1, 0.15) is 31.9 Å². The minimum atomic E-state index is -1.63. The molecule has 0 saturated carbocycles. The van der Waals surface area contributed by atoms with Crippen molar-refractivity contribution < 1.29 is 14.7 Å². The molecule has 1 aromatic carbocycles. The molecule has 2 N–H and O–H groups in total. The van der Waals surface area contributed by atoms with Crippen molar-refractivity contribution in [2.75, 3.05) is 0 Å². The highest BCUT2D eigenvalue weighted by atomic mass is 35.5. The number of carbonyl (C=O) groups excluding carboxylic acids is 1. The minimum absolute atomic E-state index is 0.107. The number of hydrogen-bond donors (Lipinski definition) is 2. The third kappa shape index (κ3) is 4.69. The van der Waals surface area contributed by atoms with Crippen LogP contribution in [0, 0.1) is 5.92 Å². The summed E-state index contributed by atoms with van der Waals surface area (Å²) in [5.41, 5.74) is 0.509. The Bertz CT molecular complexity index is 475. The third-order valence-corrected chi connectivity index (χ3v) is 3.37. The second-order valence-corrected chi connectivity index (χ2v) is 6.44. The van der Waals surface area contributed by atoms with E-state index in [1.165, 1.54) is 0 Å². The molecule has 0 aliphatic heterocycles. The van der Waals surface area contributed by atoms with E-state index in [1.807, 2.05) is 13.8 Å². The van der Waals surface area contributed by atoms with E-state index in [1.54, 1.807) is 30.3 Å². The van der Waals surface area contributed by atoms with Crippen molar-refractivity contribution in [2.45, 2.75) is 30.6 Å². The van der Waals surface area contributed by atoms with Gasteiger partial charge < -0.3 is 10.4 Å². The normalized spacial score (nSPS) is 13.1. The van der Waals surface area contributed by atoms with Crippen molar-refractivity contribution >= 4 is 35.1 Å². The van der Waals surface area contributed by atoms with Gasteiger partial charge >= 0.3 is 6.09 Å². The highest BCUT2D eigenvalue weighted by Crippen LogP contribution is 2.35. The van der Waals surface area contributed by atoms with Crippen molar-refractivity contribution in [3.63, 3.8) is 0 Å². The van der Waals surface area contributed by atoms with Gasteiger partial charge in [0.05, 0.1) is 0 Å². The van der Waals surface area contributed by atoms with Gasteiger partial charge in [-0.3, -0.25) is 4.79 Å². The Balaban J connectivity index is 3.05. The van der Waals surface area contributed by atoms with Gasteiger partial charge in [-0.2, -0.15) is 0 Å². The van der Waals surface area contributed by atoms with Gasteiger partial charge in [0, 0.05) is 0 Å². The Hall–Kier alpha value is -1.26. The van der Waals surface area contributed by atoms with Gasteiger partial charge in [0.2, 0.25) is 0 Å². The summed E-state index contributed by atoms with van der Waals surface area (Å²) in [5, 5.41) is 11.1. The number of amides is 1. The van der Waals surface area contributed by atoms with Gasteiger partial charge in [-0.05, 0) is 17.9 Å². The molecule has 1 amide bonds. The van der Waals surface area contributed by atoms with Crippen LogP contribution >= 0.6 is 23.2 Å². The van der Waals surface area contributed by atoms with Crippen molar-refractivity contribution in [3.05, 3.63) is 35.9 Å². The van der Waals surface area contributed by atoms with E-state index in [0.29, 0.717) is 5.56 Å². The first kappa shape index (κ1) is 16.8. The summed E-state index contributed by atoms with van der Waals surface area (Å²) in [6.07, 6.45) is -1.06. The highest BCUT2D eigenvalue weighted by molar-refractivity contribution is 6.58. The fourth-order valence-electron chi connectivity index (χ4n) is 1.89. The monoisotopic (exact) mass is 317 g/mol. The highest BCUT2D eigenvalue weighted by Gasteiger charge is 2.40. The van der Waals surface area contributed by atoms with E-state index in [4.69, 9.17) is 28.3 Å². The summed E-state index contributed by atoms with van der Waals surface area (Å²) in [6, 6.07) is 7.42. The molecular formula is C14H17Cl2NO3. The van der Waals surface area contributed by atoms with Crippen LogP contribution in [0.25, 0.3) is 0 Å². The number of ketones is 1. The molecule has 0 unspecified atom stereocenters. The quantitative estimate of drug-likeness (QED) is 0.784. The van der Waals surface area contributed by atoms with Crippen LogP contribution in [0.15, 0.2) is 30.3 Å². The van der Waals surface area contributed by atoms with Gasteiger partial charge in [0.15, 0.2) is 10.1 Å². The molecule has 1 rings (SSSR count). The van der Waals surface area contributed by atoms with Crippen molar-refractivity contribution in [1.29, 1.82) is 0 Å². The zero-order chi connectivity index (χ0) is 15.3. The van der Waals surface area contributed by atoms with Crippen molar-refractivity contribution in [3.8, 4) is 0 Å². The van der Waals surface area contributed by atoms with E-state index in [9.17, 15) is 9.59 Å². The molecule has 0 saturated heterocycles. The first-order valence-corrected chi connectivity index (χ1v) is 6.96. The van der Waals surface area contributed by atoms with Crippen LogP contribution in [-0.4, -0.2) is 21.3 Å². The zero-order valence-electron chi connectivity index (χ0n) is 11.3. The Morgan fingerprint density at radius 1 is 1.25 bits per heavy atom. The van der Waals surface area contributed by atoms with E-state index in [-0.39, 0.29) is 12.3 Å². The molecule has 4 nitrogen and oxygen atoms in total. The summed E-state index contributed by atoms with van der Waals surface area (Å²) in [5.74, 6) is -0.460. The Kier molecular flexibility index (Phi) is 5.84. The number of halogens is 2. The van der Waals surface area contributed by atoms with Crippen LogP contribution < -0.4 is 5.32 Å². The number of Topliss-reactive ketones (excluding diaryl/α,β-unsaturated/α-hetero) is 1. The first-order chi connectivity index (χ1) is 9.24. The average molecular weight is 318 g/mol. The lowest BCUT2D eigenvalue weighted by atomic mass is 9.96. The summed E-state index contributed by atoms with van der Waals surface area (Å²) in [4.78, 5) is 23.3. The van der Waals surface area contributed by atoms with Crippen molar-refractivity contribution in [2.24, 2.45) is 5.92 Å². The summed E-state index contributed by atoms with van der Waals surface area (Å²) >= 11 is 12.2. The number of hydrogen-bond acceptors (Lipinski definition) is 2. The largest absolute Gasteiger partial charge is 0.465 e. The molecule has 0 aromatic heterocycles. The molecule has 0 fully saturated rings. The number of nitrogens with one attached hydrogen (secondary N) is 1. The maximum Gasteiger partial charge on any atom is 0.405 e. The molecule has 0 aliphatic carbocycles. The maximum atomic E-state index is 12.4. The number of alkyl halides is 2. The molecule has 0 radical (unpaired) electrons. The molecule has 1 atom stereocenters. The van der Waals surface area contributed by atoms with E-state index >= 15 is 0 Å². The molecule has 1 aromatic rings. The average Bonchev–Trinajstić information content (AvgIpc) is 2.34. The maximum absolute atomic E-state index is 12.4. The second kappa shape index (κ2) is 6.95. The molecule has 0 heterocycles. The minimum Gasteiger partial charge on any atom is -0.465 e. The van der Waals surface area contributed by atoms with Crippen LogP contribution in [0.5, 0.6) is 0 Å². The van der Waals surface area contributed by atoms with Gasteiger partial charge in [-0.25, -0.2) is 4.79 Å². The Labute approximate surface area is 128 Å². The molecular weight excluding hydrogens is 301 g/mol. The lowest BCUT2D eigenvalue weighted by molar-refractivity contribution is -0.122. The summed E-state index contributed by atoms with van der Waals surface area (Å²) in [7, 11) is 0.